The van der Waals surface area contributed by atoms with Crippen molar-refractivity contribution < 1.29 is 4.79 Å². The average Bonchev–Trinajstić information content (AvgIpc) is 2.69. The van der Waals surface area contributed by atoms with Gasteiger partial charge in [0.05, 0.1) is 11.7 Å². The predicted molar refractivity (Wildman–Crippen MR) is 107 cm³/mol. The second kappa shape index (κ2) is 8.25. The molecule has 1 N–H and O–H groups in total. The van der Waals surface area contributed by atoms with Crippen LogP contribution >= 0.6 is 0 Å². The van der Waals surface area contributed by atoms with Crippen molar-refractivity contribution in [1.29, 1.82) is 0 Å². The number of para-hydroxylation sites is 1. The molecule has 0 aliphatic carbocycles. The second-order valence-corrected chi connectivity index (χ2v) is 5.85. The standard InChI is InChI=1S/C21H22N4O/c1-3-25(4-2)18-12-9-16(10-13-18)15-22-24-21(26)20-14-11-17-7-5-6-8-19(17)23-20/h5-15H,3-4H2,1-2H3,(H,24,26). The summed E-state index contributed by atoms with van der Waals surface area (Å²) in [6.45, 7) is 6.21. The second-order valence-electron chi connectivity index (χ2n) is 5.85. The van der Waals surface area contributed by atoms with Crippen LogP contribution in [0, 0.1) is 0 Å². The maximum absolute atomic E-state index is 12.2. The number of hydrazone groups is 1. The van der Waals surface area contributed by atoms with Gasteiger partial charge in [0, 0.05) is 24.2 Å². The lowest BCUT2D eigenvalue weighted by Crippen LogP contribution is -2.21. The van der Waals surface area contributed by atoms with Crippen molar-refractivity contribution in [3.8, 4) is 0 Å². The number of benzene rings is 2. The van der Waals surface area contributed by atoms with Crippen molar-refractivity contribution in [2.75, 3.05) is 18.0 Å². The Bertz CT molecular complexity index is 915. The third-order valence-corrected chi connectivity index (χ3v) is 4.23. The van der Waals surface area contributed by atoms with E-state index in [0.717, 1.165) is 29.6 Å². The molecule has 0 saturated heterocycles. The van der Waals surface area contributed by atoms with Crippen molar-refractivity contribution in [1.82, 2.24) is 10.4 Å². The molecule has 1 aromatic heterocycles. The van der Waals surface area contributed by atoms with E-state index < -0.39 is 0 Å². The predicted octanol–water partition coefficient (Wildman–Crippen LogP) is 3.84. The van der Waals surface area contributed by atoms with Gasteiger partial charge in [-0.3, -0.25) is 4.79 Å². The highest BCUT2D eigenvalue weighted by molar-refractivity contribution is 5.95. The molecule has 0 bridgehead atoms. The summed E-state index contributed by atoms with van der Waals surface area (Å²) in [5.74, 6) is -0.327. The van der Waals surface area contributed by atoms with Crippen molar-refractivity contribution in [3.05, 3.63) is 71.9 Å². The molecule has 5 heteroatoms. The normalized spacial score (nSPS) is 11.0. The molecular weight excluding hydrogens is 324 g/mol. The Balaban J connectivity index is 1.64. The Kier molecular flexibility index (Phi) is 5.59. The van der Waals surface area contributed by atoms with Crippen LogP contribution in [-0.2, 0) is 0 Å². The third-order valence-electron chi connectivity index (χ3n) is 4.23. The molecule has 2 aromatic carbocycles. The zero-order valence-electron chi connectivity index (χ0n) is 15.0. The van der Waals surface area contributed by atoms with E-state index in [9.17, 15) is 4.79 Å². The minimum Gasteiger partial charge on any atom is -0.372 e. The zero-order valence-corrected chi connectivity index (χ0v) is 15.0. The number of hydrogen-bond acceptors (Lipinski definition) is 4. The van der Waals surface area contributed by atoms with Gasteiger partial charge >= 0.3 is 0 Å². The van der Waals surface area contributed by atoms with Crippen molar-refractivity contribution in [2.45, 2.75) is 13.8 Å². The highest BCUT2D eigenvalue weighted by Crippen LogP contribution is 2.14. The molecule has 0 spiro atoms. The quantitative estimate of drug-likeness (QED) is 0.545. The SMILES string of the molecule is CCN(CC)c1ccc(C=NNC(=O)c2ccc3ccccc3n2)cc1. The number of aromatic nitrogens is 1. The summed E-state index contributed by atoms with van der Waals surface area (Å²) in [5, 5.41) is 5.04. The molecule has 0 saturated carbocycles. The van der Waals surface area contributed by atoms with Gasteiger partial charge < -0.3 is 4.90 Å². The van der Waals surface area contributed by atoms with E-state index in [1.54, 1.807) is 12.3 Å². The number of anilines is 1. The summed E-state index contributed by atoms with van der Waals surface area (Å²) in [7, 11) is 0. The number of nitrogens with zero attached hydrogens (tertiary/aromatic N) is 3. The van der Waals surface area contributed by atoms with Gasteiger partial charge in [-0.15, -0.1) is 0 Å². The molecule has 5 nitrogen and oxygen atoms in total. The number of hydrogen-bond donors (Lipinski definition) is 1. The number of carbonyl (C=O) groups excluding carboxylic acids is 1. The van der Waals surface area contributed by atoms with Crippen molar-refractivity contribution >= 4 is 28.7 Å². The first-order valence-electron chi connectivity index (χ1n) is 8.75. The molecular formula is C21H22N4O. The van der Waals surface area contributed by atoms with E-state index in [-0.39, 0.29) is 5.91 Å². The van der Waals surface area contributed by atoms with Crippen LogP contribution in [0.25, 0.3) is 10.9 Å². The summed E-state index contributed by atoms with van der Waals surface area (Å²) in [6, 6.07) is 19.4. The molecule has 1 heterocycles. The molecule has 1 amide bonds. The fraction of sp³-hybridized carbons (Fsp3) is 0.190. The number of fused-ring (bicyclic) bond motifs is 1. The Hall–Kier alpha value is -3.21. The number of rotatable bonds is 6. The van der Waals surface area contributed by atoms with Crippen LogP contribution in [0.1, 0.15) is 29.9 Å². The van der Waals surface area contributed by atoms with Gasteiger partial charge in [0.1, 0.15) is 5.69 Å². The fourth-order valence-electron chi connectivity index (χ4n) is 2.78. The molecule has 3 aromatic rings. The van der Waals surface area contributed by atoms with Gasteiger partial charge in [-0.05, 0) is 43.7 Å². The van der Waals surface area contributed by atoms with E-state index in [1.165, 1.54) is 5.69 Å². The molecule has 0 aliphatic heterocycles. The Morgan fingerprint density at radius 3 is 2.50 bits per heavy atom. The average molecular weight is 346 g/mol. The first-order valence-corrected chi connectivity index (χ1v) is 8.75. The van der Waals surface area contributed by atoms with E-state index in [1.807, 2.05) is 42.5 Å². The first kappa shape index (κ1) is 17.6. The molecule has 0 radical (unpaired) electrons. The number of carbonyl (C=O) groups is 1. The van der Waals surface area contributed by atoms with Gasteiger partial charge in [0.15, 0.2) is 0 Å². The lowest BCUT2D eigenvalue weighted by molar-refractivity contribution is 0.0950. The van der Waals surface area contributed by atoms with Crippen LogP contribution in [0.5, 0.6) is 0 Å². The molecule has 132 valence electrons. The van der Waals surface area contributed by atoms with E-state index in [4.69, 9.17) is 0 Å². The Morgan fingerprint density at radius 2 is 1.77 bits per heavy atom. The van der Waals surface area contributed by atoms with E-state index >= 15 is 0 Å². The minimum atomic E-state index is -0.327. The minimum absolute atomic E-state index is 0.327. The maximum atomic E-state index is 12.2. The zero-order chi connectivity index (χ0) is 18.4. The fourth-order valence-corrected chi connectivity index (χ4v) is 2.78. The van der Waals surface area contributed by atoms with Crippen LogP contribution in [0.4, 0.5) is 5.69 Å². The molecule has 0 aliphatic rings. The molecule has 0 fully saturated rings. The van der Waals surface area contributed by atoms with Crippen LogP contribution in [0.15, 0.2) is 65.8 Å². The summed E-state index contributed by atoms with van der Waals surface area (Å²) in [6.07, 6.45) is 1.63. The summed E-state index contributed by atoms with van der Waals surface area (Å²) in [5.41, 5.74) is 5.76. The van der Waals surface area contributed by atoms with E-state index in [0.29, 0.717) is 5.69 Å². The summed E-state index contributed by atoms with van der Waals surface area (Å²) in [4.78, 5) is 18.8. The van der Waals surface area contributed by atoms with Crippen molar-refractivity contribution in [3.63, 3.8) is 0 Å². The van der Waals surface area contributed by atoms with Gasteiger partial charge in [0.25, 0.3) is 5.91 Å². The molecule has 0 unspecified atom stereocenters. The monoisotopic (exact) mass is 346 g/mol. The highest BCUT2D eigenvalue weighted by Gasteiger charge is 2.06. The summed E-state index contributed by atoms with van der Waals surface area (Å²) < 4.78 is 0. The molecule has 0 atom stereocenters. The largest absolute Gasteiger partial charge is 0.372 e. The molecule has 3 rings (SSSR count). The van der Waals surface area contributed by atoms with Gasteiger partial charge in [0.2, 0.25) is 0 Å². The first-order chi connectivity index (χ1) is 12.7. The van der Waals surface area contributed by atoms with Crippen LogP contribution in [0.2, 0.25) is 0 Å². The van der Waals surface area contributed by atoms with Gasteiger partial charge in [-0.1, -0.05) is 36.4 Å². The van der Waals surface area contributed by atoms with Crippen LogP contribution < -0.4 is 10.3 Å². The van der Waals surface area contributed by atoms with Gasteiger partial charge in [-0.2, -0.15) is 5.10 Å². The lowest BCUT2D eigenvalue weighted by Gasteiger charge is -2.20. The third kappa shape index (κ3) is 4.06. The summed E-state index contributed by atoms with van der Waals surface area (Å²) >= 11 is 0. The van der Waals surface area contributed by atoms with Crippen LogP contribution in [-0.4, -0.2) is 30.2 Å². The van der Waals surface area contributed by atoms with E-state index in [2.05, 4.69) is 46.4 Å². The lowest BCUT2D eigenvalue weighted by atomic mass is 10.2. The van der Waals surface area contributed by atoms with Crippen LogP contribution in [0.3, 0.4) is 0 Å². The Morgan fingerprint density at radius 1 is 1.04 bits per heavy atom. The topological polar surface area (TPSA) is 57.6 Å². The van der Waals surface area contributed by atoms with Gasteiger partial charge in [-0.25, -0.2) is 10.4 Å². The van der Waals surface area contributed by atoms with Crippen molar-refractivity contribution in [2.24, 2.45) is 5.10 Å². The maximum Gasteiger partial charge on any atom is 0.289 e. The highest BCUT2D eigenvalue weighted by atomic mass is 16.2. The number of amides is 1. The Labute approximate surface area is 153 Å². The number of pyridine rings is 1. The number of nitrogens with one attached hydrogen (secondary N) is 1. The smallest absolute Gasteiger partial charge is 0.289 e. The molecule has 26 heavy (non-hydrogen) atoms.